The first kappa shape index (κ1) is 17.2. The molecule has 0 heterocycles. The van der Waals surface area contributed by atoms with E-state index in [9.17, 15) is 4.79 Å². The van der Waals surface area contributed by atoms with E-state index in [1.165, 1.54) is 0 Å². The first-order valence-electron chi connectivity index (χ1n) is 7.43. The zero-order valence-corrected chi connectivity index (χ0v) is 13.1. The molecular formula is C17H25N3O. The van der Waals surface area contributed by atoms with Crippen LogP contribution >= 0.6 is 0 Å². The van der Waals surface area contributed by atoms with E-state index in [1.807, 2.05) is 18.2 Å². The van der Waals surface area contributed by atoms with Gasteiger partial charge in [0.15, 0.2) is 0 Å². The van der Waals surface area contributed by atoms with Crippen molar-refractivity contribution in [3.63, 3.8) is 0 Å². The lowest BCUT2D eigenvalue weighted by atomic mass is 10.0. The molecule has 2 N–H and O–H groups in total. The first-order valence-corrected chi connectivity index (χ1v) is 7.43. The fourth-order valence-electron chi connectivity index (χ4n) is 2.06. The average Bonchev–Trinajstić information content (AvgIpc) is 2.45. The number of carbonyl (C=O) groups excluding carboxylic acids is 1. The van der Waals surface area contributed by atoms with Gasteiger partial charge in [-0.3, -0.25) is 10.1 Å². The van der Waals surface area contributed by atoms with E-state index >= 15 is 0 Å². The minimum absolute atomic E-state index is 0.0414. The number of nitrogens with one attached hydrogen (secondary N) is 2. The second-order valence-corrected chi connectivity index (χ2v) is 6.19. The second-order valence-electron chi connectivity index (χ2n) is 6.19. The third-order valence-electron chi connectivity index (χ3n) is 3.00. The molecule has 1 atom stereocenters. The fraction of sp³-hybridized carbons (Fsp3) is 0.529. The van der Waals surface area contributed by atoms with Crippen molar-refractivity contribution in [2.24, 2.45) is 0 Å². The molecule has 0 spiro atoms. The molecule has 4 heteroatoms. The Morgan fingerprint density at radius 2 is 1.90 bits per heavy atom. The smallest absolute Gasteiger partial charge is 0.251 e. The summed E-state index contributed by atoms with van der Waals surface area (Å²) >= 11 is 0. The summed E-state index contributed by atoms with van der Waals surface area (Å²) in [7, 11) is 0. The molecular weight excluding hydrogens is 262 g/mol. The molecule has 0 aliphatic carbocycles. The first-order chi connectivity index (χ1) is 9.92. The summed E-state index contributed by atoms with van der Waals surface area (Å²) in [5, 5.41) is 15.3. The third kappa shape index (κ3) is 7.48. The number of nitrogens with zero attached hydrogens (tertiary/aromatic N) is 1. The molecule has 0 saturated carbocycles. The molecule has 0 fully saturated rings. The summed E-state index contributed by atoms with van der Waals surface area (Å²) in [6.07, 6.45) is 2.59. The van der Waals surface area contributed by atoms with Crippen LogP contribution in [0.4, 0.5) is 0 Å². The number of hydrogen-bond acceptors (Lipinski definition) is 3. The Balaban J connectivity index is 2.20. The molecule has 4 nitrogen and oxygen atoms in total. The Morgan fingerprint density at radius 1 is 1.24 bits per heavy atom. The highest BCUT2D eigenvalue weighted by atomic mass is 16.1. The Hall–Kier alpha value is -1.86. The number of hydrogen-bond donors (Lipinski definition) is 2. The van der Waals surface area contributed by atoms with Gasteiger partial charge in [-0.05, 0) is 52.2 Å². The van der Waals surface area contributed by atoms with Gasteiger partial charge >= 0.3 is 0 Å². The van der Waals surface area contributed by atoms with Gasteiger partial charge in [0.1, 0.15) is 0 Å². The number of rotatable bonds is 7. The molecule has 0 aliphatic heterocycles. The molecule has 1 rings (SSSR count). The Bertz CT molecular complexity index is 471. The molecule has 114 valence electrons. The molecule has 21 heavy (non-hydrogen) atoms. The summed E-state index contributed by atoms with van der Waals surface area (Å²) in [5.74, 6) is -0.0414. The van der Waals surface area contributed by atoms with E-state index in [1.54, 1.807) is 12.1 Å². The molecule has 0 radical (unpaired) electrons. The van der Waals surface area contributed by atoms with Crippen LogP contribution in [0, 0.1) is 11.3 Å². The molecule has 1 unspecified atom stereocenters. The van der Waals surface area contributed by atoms with Crippen LogP contribution in [-0.2, 0) is 0 Å². The van der Waals surface area contributed by atoms with Crippen molar-refractivity contribution in [1.82, 2.24) is 10.6 Å². The molecule has 0 aliphatic rings. The summed E-state index contributed by atoms with van der Waals surface area (Å²) < 4.78 is 0. The Labute approximate surface area is 127 Å². The van der Waals surface area contributed by atoms with Crippen molar-refractivity contribution in [2.75, 3.05) is 6.54 Å². The largest absolute Gasteiger partial charge is 0.352 e. The molecule has 0 saturated heterocycles. The van der Waals surface area contributed by atoms with E-state index in [0.717, 1.165) is 19.3 Å². The van der Waals surface area contributed by atoms with Gasteiger partial charge in [0.05, 0.1) is 12.1 Å². The van der Waals surface area contributed by atoms with Crippen LogP contribution in [0.2, 0.25) is 0 Å². The van der Waals surface area contributed by atoms with Crippen LogP contribution in [0.3, 0.4) is 0 Å². The summed E-state index contributed by atoms with van der Waals surface area (Å²) in [4.78, 5) is 11.8. The highest BCUT2D eigenvalue weighted by Crippen LogP contribution is 2.06. The normalized spacial score (nSPS) is 12.5. The maximum absolute atomic E-state index is 11.8. The van der Waals surface area contributed by atoms with Gasteiger partial charge in [-0.15, -0.1) is 0 Å². The fourth-order valence-corrected chi connectivity index (χ4v) is 2.06. The van der Waals surface area contributed by atoms with Gasteiger partial charge in [0, 0.05) is 17.6 Å². The number of carbonyl (C=O) groups is 1. The highest BCUT2D eigenvalue weighted by Gasteiger charge is 2.16. The predicted molar refractivity (Wildman–Crippen MR) is 84.9 cm³/mol. The minimum atomic E-state index is -0.130. The Morgan fingerprint density at radius 3 is 2.48 bits per heavy atom. The van der Waals surface area contributed by atoms with Gasteiger partial charge in [0.2, 0.25) is 0 Å². The minimum Gasteiger partial charge on any atom is -0.352 e. The average molecular weight is 287 g/mol. The van der Waals surface area contributed by atoms with Gasteiger partial charge < -0.3 is 5.32 Å². The van der Waals surface area contributed by atoms with Crippen molar-refractivity contribution in [1.29, 1.82) is 5.26 Å². The van der Waals surface area contributed by atoms with Crippen molar-refractivity contribution >= 4 is 5.91 Å². The number of unbranched alkanes of at least 4 members (excludes halogenated alkanes) is 1. The number of benzene rings is 1. The number of nitriles is 1. The lowest BCUT2D eigenvalue weighted by Crippen LogP contribution is -2.42. The van der Waals surface area contributed by atoms with E-state index in [-0.39, 0.29) is 17.5 Å². The standard InChI is InChI=1S/C17H25N3O/c1-17(2,3)20-15(13-18)11-7-8-12-19-16(21)14-9-5-4-6-10-14/h4-6,9-10,15,20H,7-8,11-12H2,1-3H3,(H,19,21). The zero-order chi connectivity index (χ0) is 15.7. The maximum atomic E-state index is 11.8. The van der Waals surface area contributed by atoms with E-state index in [2.05, 4.69) is 37.5 Å². The van der Waals surface area contributed by atoms with E-state index < -0.39 is 0 Å². The summed E-state index contributed by atoms with van der Waals surface area (Å²) in [5.41, 5.74) is 0.629. The van der Waals surface area contributed by atoms with Crippen LogP contribution < -0.4 is 10.6 Å². The lowest BCUT2D eigenvalue weighted by Gasteiger charge is -2.24. The van der Waals surface area contributed by atoms with E-state index in [0.29, 0.717) is 12.1 Å². The monoisotopic (exact) mass is 287 g/mol. The van der Waals surface area contributed by atoms with Crippen LogP contribution in [0.1, 0.15) is 50.4 Å². The van der Waals surface area contributed by atoms with Gasteiger partial charge in [0.25, 0.3) is 5.91 Å². The lowest BCUT2D eigenvalue weighted by molar-refractivity contribution is 0.0953. The predicted octanol–water partition coefficient (Wildman–Crippen LogP) is 2.87. The van der Waals surface area contributed by atoms with Crippen LogP contribution in [0.25, 0.3) is 0 Å². The van der Waals surface area contributed by atoms with Crippen molar-refractivity contribution in [3.8, 4) is 6.07 Å². The van der Waals surface area contributed by atoms with Crippen molar-refractivity contribution in [3.05, 3.63) is 35.9 Å². The van der Waals surface area contributed by atoms with Gasteiger partial charge in [-0.2, -0.15) is 5.26 Å². The Kier molecular flexibility index (Phi) is 6.90. The second kappa shape index (κ2) is 8.43. The van der Waals surface area contributed by atoms with Crippen LogP contribution in [0.5, 0.6) is 0 Å². The van der Waals surface area contributed by atoms with Crippen molar-refractivity contribution < 1.29 is 4.79 Å². The molecule has 1 amide bonds. The zero-order valence-electron chi connectivity index (χ0n) is 13.1. The maximum Gasteiger partial charge on any atom is 0.251 e. The molecule has 1 aromatic carbocycles. The number of amides is 1. The van der Waals surface area contributed by atoms with Crippen LogP contribution in [-0.4, -0.2) is 24.0 Å². The topological polar surface area (TPSA) is 64.9 Å². The van der Waals surface area contributed by atoms with E-state index in [4.69, 9.17) is 5.26 Å². The molecule has 1 aromatic rings. The summed E-state index contributed by atoms with van der Waals surface area (Å²) in [6.45, 7) is 6.80. The summed E-state index contributed by atoms with van der Waals surface area (Å²) in [6, 6.07) is 11.3. The van der Waals surface area contributed by atoms with Gasteiger partial charge in [-0.1, -0.05) is 18.2 Å². The SMILES string of the molecule is CC(C)(C)NC(C#N)CCCCNC(=O)c1ccccc1. The molecule has 0 aromatic heterocycles. The van der Waals surface area contributed by atoms with Crippen molar-refractivity contribution in [2.45, 2.75) is 51.6 Å². The molecule has 0 bridgehead atoms. The van der Waals surface area contributed by atoms with Gasteiger partial charge in [-0.25, -0.2) is 0 Å². The quantitative estimate of drug-likeness (QED) is 0.758. The third-order valence-corrected chi connectivity index (χ3v) is 3.00. The van der Waals surface area contributed by atoms with Crippen LogP contribution in [0.15, 0.2) is 30.3 Å². The highest BCUT2D eigenvalue weighted by molar-refractivity contribution is 5.94.